The molecule has 15 heavy (non-hydrogen) atoms. The van der Waals surface area contributed by atoms with Gasteiger partial charge in [0.1, 0.15) is 0 Å². The summed E-state index contributed by atoms with van der Waals surface area (Å²) in [4.78, 5) is 24.4. The Morgan fingerprint density at radius 3 is 2.47 bits per heavy atom. The van der Waals surface area contributed by atoms with Crippen LogP contribution in [0.3, 0.4) is 0 Å². The van der Waals surface area contributed by atoms with Crippen LogP contribution < -0.4 is 0 Å². The van der Waals surface area contributed by atoms with Gasteiger partial charge in [0.05, 0.1) is 6.61 Å². The number of nitrogens with zero attached hydrogens (tertiary/aromatic N) is 1. The van der Waals surface area contributed by atoms with Gasteiger partial charge in [-0.15, -0.1) is 0 Å². The average molecular weight is 213 g/mol. The molecule has 0 saturated carbocycles. The van der Waals surface area contributed by atoms with E-state index in [0.29, 0.717) is 25.9 Å². The van der Waals surface area contributed by atoms with E-state index in [0.717, 1.165) is 25.9 Å². The third-order valence-corrected chi connectivity index (χ3v) is 2.54. The molecule has 0 aliphatic carbocycles. The van der Waals surface area contributed by atoms with Crippen molar-refractivity contribution in [2.75, 3.05) is 19.7 Å². The maximum Gasteiger partial charge on any atom is 0.305 e. The lowest BCUT2D eigenvalue weighted by Gasteiger charge is -2.14. The fourth-order valence-corrected chi connectivity index (χ4v) is 1.74. The molecule has 1 heterocycles. The van der Waals surface area contributed by atoms with Crippen LogP contribution in [0.25, 0.3) is 0 Å². The molecule has 1 rings (SSSR count). The Labute approximate surface area is 90.6 Å². The van der Waals surface area contributed by atoms with Gasteiger partial charge in [-0.1, -0.05) is 0 Å². The third kappa shape index (κ3) is 4.32. The Kier molecular flexibility index (Phi) is 5.15. The molecule has 4 heteroatoms. The van der Waals surface area contributed by atoms with Crippen molar-refractivity contribution in [3.63, 3.8) is 0 Å². The summed E-state index contributed by atoms with van der Waals surface area (Å²) in [7, 11) is 0. The largest absolute Gasteiger partial charge is 0.466 e. The summed E-state index contributed by atoms with van der Waals surface area (Å²) in [5.41, 5.74) is 0. The lowest BCUT2D eigenvalue weighted by molar-refractivity contribution is -0.143. The van der Waals surface area contributed by atoms with E-state index in [2.05, 4.69) is 0 Å². The van der Waals surface area contributed by atoms with E-state index >= 15 is 0 Å². The number of likely N-dealkylation sites (tertiary alicyclic amines) is 1. The molecular weight excluding hydrogens is 194 g/mol. The van der Waals surface area contributed by atoms with Crippen LogP contribution in [0.5, 0.6) is 0 Å². The van der Waals surface area contributed by atoms with Gasteiger partial charge in [0, 0.05) is 25.9 Å². The van der Waals surface area contributed by atoms with Crippen LogP contribution in [0.15, 0.2) is 0 Å². The molecule has 0 spiro atoms. The summed E-state index contributed by atoms with van der Waals surface area (Å²) in [5.74, 6) is -0.0245. The monoisotopic (exact) mass is 213 g/mol. The predicted molar refractivity (Wildman–Crippen MR) is 56.3 cm³/mol. The molecular formula is C11H19NO3. The van der Waals surface area contributed by atoms with Crippen LogP contribution in [-0.4, -0.2) is 36.5 Å². The number of amides is 1. The van der Waals surface area contributed by atoms with E-state index in [1.54, 1.807) is 6.92 Å². The van der Waals surface area contributed by atoms with E-state index in [1.165, 1.54) is 0 Å². The molecule has 0 radical (unpaired) electrons. The molecule has 0 aromatic rings. The lowest BCUT2D eigenvalue weighted by Crippen LogP contribution is -2.27. The minimum atomic E-state index is -0.202. The second-order valence-electron chi connectivity index (χ2n) is 3.75. The zero-order chi connectivity index (χ0) is 11.1. The van der Waals surface area contributed by atoms with Crippen molar-refractivity contribution in [3.8, 4) is 0 Å². The van der Waals surface area contributed by atoms with Crippen LogP contribution in [0.1, 0.15) is 39.0 Å². The van der Waals surface area contributed by atoms with E-state index in [9.17, 15) is 9.59 Å². The molecule has 0 aromatic carbocycles. The first-order valence-electron chi connectivity index (χ1n) is 5.67. The van der Waals surface area contributed by atoms with Gasteiger partial charge in [-0.3, -0.25) is 9.59 Å². The first-order chi connectivity index (χ1) is 7.24. The number of hydrogen-bond donors (Lipinski definition) is 0. The van der Waals surface area contributed by atoms with Gasteiger partial charge in [-0.05, 0) is 26.2 Å². The van der Waals surface area contributed by atoms with Crippen molar-refractivity contribution < 1.29 is 14.3 Å². The van der Waals surface area contributed by atoms with E-state index < -0.39 is 0 Å². The minimum Gasteiger partial charge on any atom is -0.466 e. The van der Waals surface area contributed by atoms with Crippen LogP contribution >= 0.6 is 0 Å². The minimum absolute atomic E-state index is 0.178. The van der Waals surface area contributed by atoms with Crippen LogP contribution in [-0.2, 0) is 14.3 Å². The molecule has 0 N–H and O–H groups in total. The second-order valence-corrected chi connectivity index (χ2v) is 3.75. The Balaban J connectivity index is 2.08. The third-order valence-electron chi connectivity index (χ3n) is 2.54. The number of rotatable bonds is 5. The zero-order valence-electron chi connectivity index (χ0n) is 9.33. The standard InChI is InChI=1S/C11H19NO3/c1-2-15-11(14)7-5-6-10(13)12-8-3-4-9-12/h2-9H2,1H3. The lowest BCUT2D eigenvalue weighted by atomic mass is 10.2. The highest BCUT2D eigenvalue weighted by Gasteiger charge is 2.17. The fraction of sp³-hybridized carbons (Fsp3) is 0.818. The highest BCUT2D eigenvalue weighted by molar-refractivity contribution is 5.77. The van der Waals surface area contributed by atoms with Crippen molar-refractivity contribution in [2.24, 2.45) is 0 Å². The first kappa shape index (κ1) is 12.0. The topological polar surface area (TPSA) is 46.6 Å². The predicted octanol–water partition coefficient (Wildman–Crippen LogP) is 1.34. The van der Waals surface area contributed by atoms with E-state index in [-0.39, 0.29) is 11.9 Å². The number of esters is 1. The van der Waals surface area contributed by atoms with Gasteiger partial charge >= 0.3 is 5.97 Å². The number of carbonyl (C=O) groups excluding carboxylic acids is 2. The number of ether oxygens (including phenoxy) is 1. The average Bonchev–Trinajstić information content (AvgIpc) is 2.70. The zero-order valence-corrected chi connectivity index (χ0v) is 9.33. The molecule has 4 nitrogen and oxygen atoms in total. The summed E-state index contributed by atoms with van der Waals surface area (Å²) in [6.07, 6.45) is 3.66. The maximum atomic E-state index is 11.6. The summed E-state index contributed by atoms with van der Waals surface area (Å²) >= 11 is 0. The second kappa shape index (κ2) is 6.43. The molecule has 1 aliphatic heterocycles. The highest BCUT2D eigenvalue weighted by atomic mass is 16.5. The summed E-state index contributed by atoms with van der Waals surface area (Å²) in [6, 6.07) is 0. The van der Waals surface area contributed by atoms with Crippen LogP contribution in [0.4, 0.5) is 0 Å². The van der Waals surface area contributed by atoms with Gasteiger partial charge in [0.2, 0.25) is 5.91 Å². The maximum absolute atomic E-state index is 11.6. The molecule has 1 aliphatic rings. The molecule has 0 atom stereocenters. The summed E-state index contributed by atoms with van der Waals surface area (Å²) in [5, 5.41) is 0. The number of carbonyl (C=O) groups is 2. The van der Waals surface area contributed by atoms with E-state index in [1.807, 2.05) is 4.90 Å². The summed E-state index contributed by atoms with van der Waals surface area (Å²) < 4.78 is 4.79. The van der Waals surface area contributed by atoms with Gasteiger partial charge in [0.25, 0.3) is 0 Å². The van der Waals surface area contributed by atoms with Crippen molar-refractivity contribution >= 4 is 11.9 Å². The summed E-state index contributed by atoms with van der Waals surface area (Å²) in [6.45, 7) is 3.97. The SMILES string of the molecule is CCOC(=O)CCCC(=O)N1CCCC1. The molecule has 86 valence electrons. The fourth-order valence-electron chi connectivity index (χ4n) is 1.74. The van der Waals surface area contributed by atoms with Gasteiger partial charge in [0.15, 0.2) is 0 Å². The van der Waals surface area contributed by atoms with Crippen molar-refractivity contribution in [3.05, 3.63) is 0 Å². The molecule has 0 unspecified atom stereocenters. The molecule has 0 aromatic heterocycles. The van der Waals surface area contributed by atoms with Crippen molar-refractivity contribution in [1.82, 2.24) is 4.90 Å². The number of hydrogen-bond acceptors (Lipinski definition) is 3. The molecule has 0 bridgehead atoms. The Morgan fingerprint density at radius 2 is 1.87 bits per heavy atom. The Bertz CT molecular complexity index is 222. The van der Waals surface area contributed by atoms with Crippen molar-refractivity contribution in [1.29, 1.82) is 0 Å². The smallest absolute Gasteiger partial charge is 0.305 e. The quantitative estimate of drug-likeness (QED) is 0.647. The molecule has 1 saturated heterocycles. The van der Waals surface area contributed by atoms with Gasteiger partial charge in [-0.25, -0.2) is 0 Å². The molecule has 1 amide bonds. The molecule has 1 fully saturated rings. The highest BCUT2D eigenvalue weighted by Crippen LogP contribution is 2.10. The Hall–Kier alpha value is -1.06. The van der Waals surface area contributed by atoms with Crippen LogP contribution in [0, 0.1) is 0 Å². The van der Waals surface area contributed by atoms with Crippen molar-refractivity contribution in [2.45, 2.75) is 39.0 Å². The van der Waals surface area contributed by atoms with Gasteiger partial charge in [-0.2, -0.15) is 0 Å². The normalized spacial score (nSPS) is 15.4. The van der Waals surface area contributed by atoms with Crippen LogP contribution in [0.2, 0.25) is 0 Å². The Morgan fingerprint density at radius 1 is 1.20 bits per heavy atom. The first-order valence-corrected chi connectivity index (χ1v) is 5.67. The van der Waals surface area contributed by atoms with E-state index in [4.69, 9.17) is 4.74 Å². The van der Waals surface area contributed by atoms with Gasteiger partial charge < -0.3 is 9.64 Å².